The maximum absolute atomic E-state index is 11.2. The summed E-state index contributed by atoms with van der Waals surface area (Å²) in [5, 5.41) is 12.9. The molecular weight excluding hydrogens is 300 g/mol. The first-order chi connectivity index (χ1) is 11.5. The Labute approximate surface area is 144 Å². The number of aliphatic carboxylic acids is 1. The van der Waals surface area contributed by atoms with Crippen molar-refractivity contribution < 1.29 is 9.90 Å². The summed E-state index contributed by atoms with van der Waals surface area (Å²) >= 11 is 0. The van der Waals surface area contributed by atoms with Crippen molar-refractivity contribution in [2.75, 3.05) is 0 Å². The molecule has 2 atom stereocenters. The Morgan fingerprint density at radius 3 is 2.58 bits per heavy atom. The fraction of sp³-hybridized carbons (Fsp3) is 0.550. The predicted molar refractivity (Wildman–Crippen MR) is 96.6 cm³/mol. The molecule has 1 aromatic carbocycles. The lowest BCUT2D eigenvalue weighted by Gasteiger charge is -2.34. The number of carboxylic acids is 1. The van der Waals surface area contributed by atoms with Gasteiger partial charge >= 0.3 is 5.97 Å². The van der Waals surface area contributed by atoms with Crippen LogP contribution < -0.4 is 11.1 Å². The fourth-order valence-corrected chi connectivity index (χ4v) is 3.84. The minimum atomic E-state index is -1.01. The molecule has 0 saturated heterocycles. The topological polar surface area (TPSA) is 75.3 Å². The summed E-state index contributed by atoms with van der Waals surface area (Å²) in [6, 6.07) is 11.4. The van der Waals surface area contributed by atoms with Crippen LogP contribution in [0.15, 0.2) is 35.9 Å². The molecule has 2 aliphatic rings. The van der Waals surface area contributed by atoms with Crippen LogP contribution in [0, 0.1) is 5.92 Å². The molecule has 2 unspecified atom stereocenters. The van der Waals surface area contributed by atoms with E-state index in [0.29, 0.717) is 30.8 Å². The molecule has 0 amide bonds. The lowest BCUT2D eigenvalue weighted by atomic mass is 9.80. The Bertz CT molecular complexity index is 603. The summed E-state index contributed by atoms with van der Waals surface area (Å²) in [6.07, 6.45) is 7.44. The maximum Gasteiger partial charge on any atom is 0.323 e. The van der Waals surface area contributed by atoms with Crippen LogP contribution in [-0.2, 0) is 4.79 Å². The van der Waals surface area contributed by atoms with Gasteiger partial charge in [0.2, 0.25) is 0 Å². The predicted octanol–water partition coefficient (Wildman–Crippen LogP) is 3.18. The molecule has 4 nitrogen and oxygen atoms in total. The lowest BCUT2D eigenvalue weighted by molar-refractivity contribution is -0.144. The van der Waals surface area contributed by atoms with Crippen molar-refractivity contribution in [3.8, 4) is 0 Å². The quantitative estimate of drug-likeness (QED) is 0.750. The highest BCUT2D eigenvalue weighted by atomic mass is 16.4. The summed E-state index contributed by atoms with van der Waals surface area (Å²) in [5.41, 5.74) is 7.72. The summed E-state index contributed by atoms with van der Waals surface area (Å²) < 4.78 is 0. The summed E-state index contributed by atoms with van der Waals surface area (Å²) in [4.78, 5) is 11.2. The zero-order valence-electron chi connectivity index (χ0n) is 14.4. The molecule has 0 radical (unpaired) electrons. The maximum atomic E-state index is 11.2. The third-order valence-electron chi connectivity index (χ3n) is 5.58. The molecule has 0 spiro atoms. The van der Waals surface area contributed by atoms with Crippen LogP contribution in [0.1, 0.15) is 51.0 Å². The van der Waals surface area contributed by atoms with Gasteiger partial charge in [-0.2, -0.15) is 0 Å². The second-order valence-corrected chi connectivity index (χ2v) is 7.33. The van der Waals surface area contributed by atoms with Crippen molar-refractivity contribution in [3.63, 3.8) is 0 Å². The van der Waals surface area contributed by atoms with Gasteiger partial charge in [0.05, 0.1) is 0 Å². The van der Waals surface area contributed by atoms with Crippen LogP contribution in [0.4, 0.5) is 0 Å². The van der Waals surface area contributed by atoms with Crippen LogP contribution in [0.3, 0.4) is 0 Å². The van der Waals surface area contributed by atoms with Crippen molar-refractivity contribution in [1.82, 2.24) is 5.32 Å². The van der Waals surface area contributed by atoms with E-state index < -0.39 is 11.5 Å². The first-order valence-electron chi connectivity index (χ1n) is 9.05. The van der Waals surface area contributed by atoms with E-state index in [4.69, 9.17) is 5.73 Å². The van der Waals surface area contributed by atoms with Crippen molar-refractivity contribution in [2.45, 2.75) is 63.1 Å². The first kappa shape index (κ1) is 17.2. The largest absolute Gasteiger partial charge is 0.480 e. The van der Waals surface area contributed by atoms with Crippen molar-refractivity contribution in [2.24, 2.45) is 11.7 Å². The van der Waals surface area contributed by atoms with E-state index in [0.717, 1.165) is 19.3 Å². The highest BCUT2D eigenvalue weighted by Gasteiger charge is 2.43. The van der Waals surface area contributed by atoms with Crippen LogP contribution in [0.2, 0.25) is 0 Å². The molecule has 0 bridgehead atoms. The number of hydrogen-bond acceptors (Lipinski definition) is 3. The molecule has 0 aromatic heterocycles. The molecule has 4 N–H and O–H groups in total. The van der Waals surface area contributed by atoms with Gasteiger partial charge in [-0.3, -0.25) is 4.79 Å². The fourth-order valence-electron chi connectivity index (χ4n) is 3.84. The number of carboxylic acid groups (broad SMARTS) is 1. The summed E-state index contributed by atoms with van der Waals surface area (Å²) in [7, 11) is 0. The third kappa shape index (κ3) is 3.87. The van der Waals surface area contributed by atoms with Crippen LogP contribution in [0.25, 0.3) is 6.08 Å². The van der Waals surface area contributed by atoms with E-state index in [1.54, 1.807) is 0 Å². The number of rotatable bonds is 6. The van der Waals surface area contributed by atoms with Gasteiger partial charge in [-0.05, 0) is 50.0 Å². The standard InChI is InChI=1S/C20H28N2O2/c1-2-15(12-14-6-4-3-5-7-14)17-13-18(17)22-16-8-10-20(21,11-9-16)19(23)24/h3-7,12,16-18,22H,2,8-11,13,21H2,1H3,(H,23,24)/b15-12+. The van der Waals surface area contributed by atoms with Gasteiger partial charge in [0.15, 0.2) is 0 Å². The zero-order valence-corrected chi connectivity index (χ0v) is 14.4. The van der Waals surface area contributed by atoms with E-state index in [-0.39, 0.29) is 0 Å². The van der Waals surface area contributed by atoms with Crippen LogP contribution in [0.5, 0.6) is 0 Å². The lowest BCUT2D eigenvalue weighted by Crippen LogP contribution is -2.53. The highest BCUT2D eigenvalue weighted by Crippen LogP contribution is 2.41. The zero-order chi connectivity index (χ0) is 17.2. The van der Waals surface area contributed by atoms with Gasteiger partial charge in [-0.25, -0.2) is 0 Å². The molecule has 2 fully saturated rings. The molecule has 0 aliphatic heterocycles. The van der Waals surface area contributed by atoms with Gasteiger partial charge in [-0.15, -0.1) is 0 Å². The molecule has 3 rings (SSSR count). The Hall–Kier alpha value is -1.65. The number of nitrogens with two attached hydrogens (primary N) is 1. The smallest absolute Gasteiger partial charge is 0.323 e. The normalized spacial score (nSPS) is 33.2. The average molecular weight is 328 g/mol. The monoisotopic (exact) mass is 328 g/mol. The van der Waals surface area contributed by atoms with E-state index in [9.17, 15) is 9.90 Å². The van der Waals surface area contributed by atoms with E-state index >= 15 is 0 Å². The average Bonchev–Trinajstić information content (AvgIpc) is 3.34. The molecule has 2 saturated carbocycles. The second kappa shape index (κ2) is 7.08. The Morgan fingerprint density at radius 1 is 1.33 bits per heavy atom. The van der Waals surface area contributed by atoms with E-state index in [2.05, 4.69) is 42.6 Å². The second-order valence-electron chi connectivity index (χ2n) is 7.33. The number of carbonyl (C=O) groups is 1. The van der Waals surface area contributed by atoms with Crippen molar-refractivity contribution >= 4 is 12.0 Å². The Morgan fingerprint density at radius 2 is 2.00 bits per heavy atom. The molecule has 0 heterocycles. The minimum absolute atomic E-state index is 0.408. The number of hydrogen-bond donors (Lipinski definition) is 3. The minimum Gasteiger partial charge on any atom is -0.480 e. The highest BCUT2D eigenvalue weighted by molar-refractivity contribution is 5.78. The summed E-state index contributed by atoms with van der Waals surface area (Å²) in [6.45, 7) is 2.22. The van der Waals surface area contributed by atoms with Crippen molar-refractivity contribution in [3.05, 3.63) is 41.5 Å². The van der Waals surface area contributed by atoms with E-state index in [1.807, 2.05) is 6.07 Å². The SMILES string of the molecule is CC/C(=C\c1ccccc1)C1CC1NC1CCC(N)(C(=O)O)CC1. The van der Waals surface area contributed by atoms with Gasteiger partial charge < -0.3 is 16.2 Å². The Kier molecular flexibility index (Phi) is 5.07. The van der Waals surface area contributed by atoms with Crippen LogP contribution in [-0.4, -0.2) is 28.7 Å². The molecule has 4 heteroatoms. The van der Waals surface area contributed by atoms with E-state index in [1.165, 1.54) is 17.6 Å². The Balaban J connectivity index is 1.53. The summed E-state index contributed by atoms with van der Waals surface area (Å²) in [5.74, 6) is -0.233. The van der Waals surface area contributed by atoms with Gasteiger partial charge in [0.25, 0.3) is 0 Å². The third-order valence-corrected chi connectivity index (χ3v) is 5.58. The molecular formula is C20H28N2O2. The number of benzene rings is 1. The van der Waals surface area contributed by atoms with Gasteiger partial charge in [0, 0.05) is 12.1 Å². The molecule has 2 aliphatic carbocycles. The van der Waals surface area contributed by atoms with Gasteiger partial charge in [0.1, 0.15) is 5.54 Å². The van der Waals surface area contributed by atoms with Crippen molar-refractivity contribution in [1.29, 1.82) is 0 Å². The molecule has 24 heavy (non-hydrogen) atoms. The van der Waals surface area contributed by atoms with Crippen LogP contribution >= 0.6 is 0 Å². The molecule has 1 aromatic rings. The molecule has 130 valence electrons. The first-order valence-corrected chi connectivity index (χ1v) is 9.05. The number of nitrogens with one attached hydrogen (secondary N) is 1. The van der Waals surface area contributed by atoms with Gasteiger partial charge in [-0.1, -0.05) is 48.9 Å².